The lowest BCUT2D eigenvalue weighted by atomic mass is 10.1. The van der Waals surface area contributed by atoms with Crippen LogP contribution in [0.25, 0.3) is 0 Å². The predicted molar refractivity (Wildman–Crippen MR) is 193 cm³/mol. The first kappa shape index (κ1) is 43.4. The van der Waals surface area contributed by atoms with Crippen molar-refractivity contribution >= 4 is 11.9 Å². The summed E-state index contributed by atoms with van der Waals surface area (Å²) >= 11 is 0. The number of unbranched alkanes of at least 4 members (excludes halogenated alkanes) is 22. The Morgan fingerprint density at radius 1 is 0.467 bits per heavy atom. The van der Waals surface area contributed by atoms with Crippen LogP contribution < -0.4 is 5.73 Å². The van der Waals surface area contributed by atoms with E-state index in [9.17, 15) is 9.59 Å². The molecule has 0 aliphatic rings. The maximum Gasteiger partial charge on any atom is 0.309 e. The van der Waals surface area contributed by atoms with Crippen LogP contribution in [0, 0.1) is 0 Å². The molecule has 0 aromatic rings. The number of hydrogen-bond acceptors (Lipinski definition) is 5. The van der Waals surface area contributed by atoms with E-state index in [2.05, 4.69) is 38.2 Å². The van der Waals surface area contributed by atoms with Crippen molar-refractivity contribution in [1.82, 2.24) is 0 Å². The Bertz CT molecular complexity index is 657. The fourth-order valence-corrected chi connectivity index (χ4v) is 5.59. The number of allylic oxidation sites excluding steroid dienone is 4. The van der Waals surface area contributed by atoms with Crippen molar-refractivity contribution in [2.24, 2.45) is 5.73 Å². The summed E-state index contributed by atoms with van der Waals surface area (Å²) in [7, 11) is 0. The van der Waals surface area contributed by atoms with E-state index in [1.165, 1.54) is 116 Å². The molecule has 5 nitrogen and oxygen atoms in total. The maximum atomic E-state index is 12.5. The zero-order valence-corrected chi connectivity index (χ0v) is 30.2. The summed E-state index contributed by atoms with van der Waals surface area (Å²) in [5.41, 5.74) is 5.92. The summed E-state index contributed by atoms with van der Waals surface area (Å²) in [6, 6.07) is 0. The van der Waals surface area contributed by atoms with Crippen molar-refractivity contribution in [3.05, 3.63) is 24.3 Å². The molecule has 0 bridgehead atoms. The number of ether oxygens (including phenoxy) is 2. The van der Waals surface area contributed by atoms with Crippen LogP contribution in [0.1, 0.15) is 207 Å². The molecule has 0 aromatic carbocycles. The molecule has 45 heavy (non-hydrogen) atoms. The summed E-state index contributed by atoms with van der Waals surface area (Å²) < 4.78 is 11.3. The monoisotopic (exact) mass is 634 g/mol. The summed E-state index contributed by atoms with van der Waals surface area (Å²) in [4.78, 5) is 25.0. The maximum absolute atomic E-state index is 12.5. The molecule has 0 saturated carbocycles. The van der Waals surface area contributed by atoms with Crippen molar-refractivity contribution in [2.45, 2.75) is 213 Å². The van der Waals surface area contributed by atoms with Crippen molar-refractivity contribution in [3.63, 3.8) is 0 Å². The summed E-state index contributed by atoms with van der Waals surface area (Å²) in [6.07, 6.45) is 42.0. The van der Waals surface area contributed by atoms with Gasteiger partial charge in [0, 0.05) is 19.3 Å². The van der Waals surface area contributed by atoms with Gasteiger partial charge in [-0.3, -0.25) is 9.59 Å². The topological polar surface area (TPSA) is 78.6 Å². The SMILES string of the molecule is CCCCCCCCC=CCCCCCCCC(=O)OC(CC)(CN)OC(=O)CCCCCCCC=CCCCCCCCC. The minimum Gasteiger partial charge on any atom is -0.421 e. The van der Waals surface area contributed by atoms with E-state index in [1.54, 1.807) is 0 Å². The number of carbonyl (C=O) groups excluding carboxylic acids is 2. The van der Waals surface area contributed by atoms with Crippen LogP contribution in [-0.2, 0) is 19.1 Å². The fourth-order valence-electron chi connectivity index (χ4n) is 5.59. The van der Waals surface area contributed by atoms with Gasteiger partial charge in [-0.15, -0.1) is 0 Å². The molecular weight excluding hydrogens is 558 g/mol. The summed E-state index contributed by atoms with van der Waals surface area (Å²) in [5.74, 6) is -1.99. The Morgan fingerprint density at radius 3 is 1.04 bits per heavy atom. The first-order chi connectivity index (χ1) is 22.0. The minimum absolute atomic E-state index is 0.0142. The van der Waals surface area contributed by atoms with Gasteiger partial charge in [0.2, 0.25) is 0 Å². The molecule has 0 atom stereocenters. The van der Waals surface area contributed by atoms with Crippen molar-refractivity contribution in [2.75, 3.05) is 6.54 Å². The molecule has 0 rings (SSSR count). The van der Waals surface area contributed by atoms with E-state index in [4.69, 9.17) is 15.2 Å². The molecule has 0 amide bonds. The van der Waals surface area contributed by atoms with Crippen LogP contribution >= 0.6 is 0 Å². The van der Waals surface area contributed by atoms with Crippen LogP contribution in [0.4, 0.5) is 0 Å². The van der Waals surface area contributed by atoms with Gasteiger partial charge in [-0.2, -0.15) is 0 Å². The van der Waals surface area contributed by atoms with Gasteiger partial charge >= 0.3 is 11.9 Å². The third-order valence-electron chi connectivity index (χ3n) is 8.73. The third-order valence-corrected chi connectivity index (χ3v) is 8.73. The first-order valence-electron chi connectivity index (χ1n) is 19.5. The van der Waals surface area contributed by atoms with Gasteiger partial charge in [-0.25, -0.2) is 0 Å². The Balaban J connectivity index is 3.85. The molecule has 0 radical (unpaired) electrons. The number of carbonyl (C=O) groups is 2. The third kappa shape index (κ3) is 29.5. The average Bonchev–Trinajstić information content (AvgIpc) is 3.04. The van der Waals surface area contributed by atoms with Crippen LogP contribution in [-0.4, -0.2) is 24.3 Å². The molecule has 0 fully saturated rings. The second-order valence-corrected chi connectivity index (χ2v) is 13.1. The Kier molecular flexibility index (Phi) is 32.5. The molecule has 2 N–H and O–H groups in total. The lowest BCUT2D eigenvalue weighted by Crippen LogP contribution is -2.46. The van der Waals surface area contributed by atoms with E-state index >= 15 is 0 Å². The smallest absolute Gasteiger partial charge is 0.309 e. The lowest BCUT2D eigenvalue weighted by Gasteiger charge is -2.30. The van der Waals surface area contributed by atoms with Gasteiger partial charge in [0.05, 0.1) is 6.54 Å². The van der Waals surface area contributed by atoms with Gasteiger partial charge in [0.1, 0.15) is 0 Å². The molecular formula is C40H75NO4. The number of nitrogens with two attached hydrogens (primary N) is 1. The lowest BCUT2D eigenvalue weighted by molar-refractivity contribution is -0.226. The molecule has 0 unspecified atom stereocenters. The highest BCUT2D eigenvalue weighted by molar-refractivity contribution is 5.72. The van der Waals surface area contributed by atoms with Gasteiger partial charge < -0.3 is 15.2 Å². The van der Waals surface area contributed by atoms with E-state index in [0.29, 0.717) is 19.3 Å². The second kappa shape index (κ2) is 33.7. The zero-order chi connectivity index (χ0) is 33.1. The van der Waals surface area contributed by atoms with E-state index in [1.807, 2.05) is 6.92 Å². The van der Waals surface area contributed by atoms with E-state index < -0.39 is 5.79 Å². The summed E-state index contributed by atoms with van der Waals surface area (Å²) in [6.45, 7) is 6.35. The Morgan fingerprint density at radius 2 is 0.756 bits per heavy atom. The molecule has 0 aliphatic carbocycles. The predicted octanol–water partition coefficient (Wildman–Crippen LogP) is 12.2. The second-order valence-electron chi connectivity index (χ2n) is 13.1. The normalized spacial score (nSPS) is 13.1. The standard InChI is InChI=1S/C40H75NO4/c1-4-7-9-11-13-15-17-19-21-23-25-27-29-31-33-35-38(42)44-40(6-3,37-41)45-39(43)36-34-32-30-28-26-24-22-20-18-16-14-12-10-8-5-2/h19-22H,4-18,23-37,41H2,1-3H3. The molecule has 0 aliphatic heterocycles. The molecule has 0 spiro atoms. The average molecular weight is 634 g/mol. The van der Waals surface area contributed by atoms with Gasteiger partial charge in [0.15, 0.2) is 0 Å². The molecule has 5 heteroatoms. The van der Waals surface area contributed by atoms with Gasteiger partial charge in [-0.05, 0) is 64.2 Å². The van der Waals surface area contributed by atoms with E-state index in [-0.39, 0.29) is 18.5 Å². The number of rotatable bonds is 34. The van der Waals surface area contributed by atoms with Gasteiger partial charge in [0.25, 0.3) is 5.79 Å². The van der Waals surface area contributed by atoms with Crippen LogP contribution in [0.2, 0.25) is 0 Å². The van der Waals surface area contributed by atoms with Crippen molar-refractivity contribution in [1.29, 1.82) is 0 Å². The Labute approximate surface area is 279 Å². The minimum atomic E-state index is -1.34. The first-order valence-corrected chi connectivity index (χ1v) is 19.5. The quantitative estimate of drug-likeness (QED) is 0.0330. The highest BCUT2D eigenvalue weighted by atomic mass is 16.7. The highest BCUT2D eigenvalue weighted by Crippen LogP contribution is 2.21. The molecule has 0 saturated heterocycles. The largest absolute Gasteiger partial charge is 0.421 e. The van der Waals surface area contributed by atoms with Crippen LogP contribution in [0.3, 0.4) is 0 Å². The van der Waals surface area contributed by atoms with Crippen molar-refractivity contribution < 1.29 is 19.1 Å². The summed E-state index contributed by atoms with van der Waals surface area (Å²) in [5, 5.41) is 0. The zero-order valence-electron chi connectivity index (χ0n) is 30.2. The molecule has 264 valence electrons. The number of hydrogen-bond donors (Lipinski definition) is 1. The van der Waals surface area contributed by atoms with Crippen molar-refractivity contribution in [3.8, 4) is 0 Å². The Hall–Kier alpha value is -1.62. The highest BCUT2D eigenvalue weighted by Gasteiger charge is 2.35. The van der Waals surface area contributed by atoms with Gasteiger partial charge in [-0.1, -0.05) is 148 Å². The number of esters is 2. The van der Waals surface area contributed by atoms with Crippen LogP contribution in [0.5, 0.6) is 0 Å². The van der Waals surface area contributed by atoms with Crippen LogP contribution in [0.15, 0.2) is 24.3 Å². The molecule has 0 aromatic heterocycles. The van der Waals surface area contributed by atoms with E-state index in [0.717, 1.165) is 51.4 Å². The molecule has 0 heterocycles. The fraction of sp³-hybridized carbons (Fsp3) is 0.850.